The van der Waals surface area contributed by atoms with Crippen molar-refractivity contribution in [1.29, 1.82) is 0 Å². The van der Waals surface area contributed by atoms with Crippen molar-refractivity contribution in [3.05, 3.63) is 59.2 Å². The first-order chi connectivity index (χ1) is 13.8. The Morgan fingerprint density at radius 2 is 1.62 bits per heavy atom. The van der Waals surface area contributed by atoms with Crippen molar-refractivity contribution in [2.75, 3.05) is 21.3 Å². The Balaban J connectivity index is 1.89. The second-order valence-electron chi connectivity index (χ2n) is 6.44. The van der Waals surface area contributed by atoms with E-state index in [2.05, 4.69) is 15.4 Å². The van der Waals surface area contributed by atoms with Crippen LogP contribution in [-0.2, 0) is 22.3 Å². The second-order valence-corrected chi connectivity index (χ2v) is 8.37. The topological polar surface area (TPSA) is 106 Å². The zero-order valence-electron chi connectivity index (χ0n) is 17.0. The fraction of sp³-hybridized carbons (Fsp3) is 0.350. The summed E-state index contributed by atoms with van der Waals surface area (Å²) in [6.07, 6.45) is 0. The van der Waals surface area contributed by atoms with Crippen LogP contribution < -0.4 is 24.8 Å². The summed E-state index contributed by atoms with van der Waals surface area (Å²) in [5.41, 5.74) is 2.42. The first kappa shape index (κ1) is 22.5. The first-order valence-corrected chi connectivity index (χ1v) is 10.7. The third-order valence-electron chi connectivity index (χ3n) is 4.40. The molecule has 0 heterocycles. The molecule has 0 fully saturated rings. The number of nitrogens with one attached hydrogen (secondary N) is 3. The average Bonchev–Trinajstić information content (AvgIpc) is 2.72. The average molecular weight is 422 g/mol. The van der Waals surface area contributed by atoms with Gasteiger partial charge in [0.2, 0.25) is 10.0 Å². The number of hydrogen-bond donors (Lipinski definition) is 3. The van der Waals surface area contributed by atoms with Crippen molar-refractivity contribution >= 4 is 16.1 Å². The molecule has 2 aromatic rings. The summed E-state index contributed by atoms with van der Waals surface area (Å²) in [7, 11) is 1.21. The number of urea groups is 1. The fourth-order valence-electron chi connectivity index (χ4n) is 2.68. The molecule has 3 N–H and O–H groups in total. The Morgan fingerprint density at radius 1 is 1.00 bits per heavy atom. The standard InChI is InChI=1S/C20H27N3O5S/c1-14(17-9-10-18(27-3)19(11-17)28-4)23-20(24)22-12-15-5-7-16(8-6-15)13-29(25,26)21-2/h5-11,14,21H,12-13H2,1-4H3,(H2,22,23,24). The van der Waals surface area contributed by atoms with E-state index in [0.717, 1.165) is 11.1 Å². The zero-order chi connectivity index (χ0) is 21.4. The van der Waals surface area contributed by atoms with E-state index in [4.69, 9.17) is 9.47 Å². The van der Waals surface area contributed by atoms with Crippen LogP contribution in [0.25, 0.3) is 0 Å². The van der Waals surface area contributed by atoms with Crippen LogP contribution in [0.2, 0.25) is 0 Å². The van der Waals surface area contributed by atoms with Crippen molar-refractivity contribution < 1.29 is 22.7 Å². The molecule has 1 unspecified atom stereocenters. The molecular weight excluding hydrogens is 394 g/mol. The Labute approximate surface area is 171 Å². The molecule has 0 saturated heterocycles. The number of ether oxygens (including phenoxy) is 2. The Kier molecular flexibility index (Phi) is 7.86. The SMILES string of the molecule is CNS(=O)(=O)Cc1ccc(CNC(=O)NC(C)c2ccc(OC)c(OC)c2)cc1. The van der Waals surface area contributed by atoms with Gasteiger partial charge in [-0.05, 0) is 42.8 Å². The maximum atomic E-state index is 12.2. The van der Waals surface area contributed by atoms with E-state index >= 15 is 0 Å². The van der Waals surface area contributed by atoms with E-state index in [9.17, 15) is 13.2 Å². The van der Waals surface area contributed by atoms with Gasteiger partial charge in [0.15, 0.2) is 11.5 Å². The van der Waals surface area contributed by atoms with E-state index in [1.807, 2.05) is 19.1 Å². The van der Waals surface area contributed by atoms with Gasteiger partial charge in [0.05, 0.1) is 26.0 Å². The molecular formula is C20H27N3O5S. The second kappa shape index (κ2) is 10.1. The van der Waals surface area contributed by atoms with Gasteiger partial charge in [-0.1, -0.05) is 30.3 Å². The van der Waals surface area contributed by atoms with Crippen LogP contribution in [-0.4, -0.2) is 35.7 Å². The van der Waals surface area contributed by atoms with Gasteiger partial charge in [0.1, 0.15) is 0 Å². The molecule has 2 rings (SSSR count). The van der Waals surface area contributed by atoms with Crippen molar-refractivity contribution in [1.82, 2.24) is 15.4 Å². The molecule has 0 aliphatic heterocycles. The number of rotatable bonds is 9. The highest BCUT2D eigenvalue weighted by Crippen LogP contribution is 2.29. The fourth-order valence-corrected chi connectivity index (χ4v) is 3.46. The van der Waals surface area contributed by atoms with E-state index in [-0.39, 0.29) is 17.8 Å². The highest BCUT2D eigenvalue weighted by atomic mass is 32.2. The minimum atomic E-state index is -3.31. The maximum absolute atomic E-state index is 12.2. The summed E-state index contributed by atoms with van der Waals surface area (Å²) < 4.78 is 35.9. The predicted octanol–water partition coefficient (Wildman–Crippen LogP) is 2.31. The van der Waals surface area contributed by atoms with Crippen LogP contribution in [0.1, 0.15) is 29.7 Å². The van der Waals surface area contributed by atoms with E-state index < -0.39 is 10.0 Å². The zero-order valence-corrected chi connectivity index (χ0v) is 17.8. The summed E-state index contributed by atoms with van der Waals surface area (Å²) in [6, 6.07) is 12.0. The van der Waals surface area contributed by atoms with Crippen molar-refractivity contribution in [2.45, 2.75) is 25.3 Å². The monoisotopic (exact) mass is 421 g/mol. The largest absolute Gasteiger partial charge is 0.493 e. The minimum Gasteiger partial charge on any atom is -0.493 e. The molecule has 0 saturated carbocycles. The summed E-state index contributed by atoms with van der Waals surface area (Å²) in [4.78, 5) is 12.2. The third-order valence-corrected chi connectivity index (χ3v) is 5.73. The van der Waals surface area contributed by atoms with E-state index in [1.54, 1.807) is 44.6 Å². The molecule has 158 valence electrons. The molecule has 1 atom stereocenters. The summed E-state index contributed by atoms with van der Waals surface area (Å²) in [5, 5.41) is 5.66. The molecule has 9 heteroatoms. The van der Waals surface area contributed by atoms with Crippen LogP contribution in [0.5, 0.6) is 11.5 Å². The van der Waals surface area contributed by atoms with E-state index in [0.29, 0.717) is 23.6 Å². The summed E-state index contributed by atoms with van der Waals surface area (Å²) in [5.74, 6) is 1.14. The first-order valence-electron chi connectivity index (χ1n) is 9.03. The molecule has 0 bridgehead atoms. The summed E-state index contributed by atoms with van der Waals surface area (Å²) in [6.45, 7) is 2.20. The van der Waals surface area contributed by atoms with Crippen molar-refractivity contribution in [3.8, 4) is 11.5 Å². The Morgan fingerprint density at radius 3 is 2.21 bits per heavy atom. The Hall–Kier alpha value is -2.78. The molecule has 0 aromatic heterocycles. The number of benzene rings is 2. The molecule has 0 spiro atoms. The number of carbonyl (C=O) groups is 1. The Bertz CT molecular complexity index is 930. The predicted molar refractivity (Wildman–Crippen MR) is 111 cm³/mol. The number of methoxy groups -OCH3 is 2. The molecule has 8 nitrogen and oxygen atoms in total. The number of sulfonamides is 1. The van der Waals surface area contributed by atoms with Crippen LogP contribution >= 0.6 is 0 Å². The van der Waals surface area contributed by atoms with Gasteiger partial charge in [-0.15, -0.1) is 0 Å². The number of carbonyl (C=O) groups excluding carboxylic acids is 1. The lowest BCUT2D eigenvalue weighted by Gasteiger charge is -2.17. The van der Waals surface area contributed by atoms with Crippen molar-refractivity contribution in [2.24, 2.45) is 0 Å². The molecule has 29 heavy (non-hydrogen) atoms. The van der Waals surface area contributed by atoms with Gasteiger partial charge in [0, 0.05) is 6.54 Å². The van der Waals surface area contributed by atoms with Crippen LogP contribution in [0, 0.1) is 0 Å². The maximum Gasteiger partial charge on any atom is 0.315 e. The van der Waals surface area contributed by atoms with E-state index in [1.165, 1.54) is 7.05 Å². The van der Waals surface area contributed by atoms with Gasteiger partial charge < -0.3 is 20.1 Å². The molecule has 0 aliphatic rings. The molecule has 2 aromatic carbocycles. The smallest absolute Gasteiger partial charge is 0.315 e. The summed E-state index contributed by atoms with van der Waals surface area (Å²) >= 11 is 0. The van der Waals surface area contributed by atoms with Crippen LogP contribution in [0.3, 0.4) is 0 Å². The molecule has 0 radical (unpaired) electrons. The quantitative estimate of drug-likeness (QED) is 0.576. The number of amides is 2. The minimum absolute atomic E-state index is 0.0828. The van der Waals surface area contributed by atoms with Crippen LogP contribution in [0.4, 0.5) is 4.79 Å². The molecule has 2 amide bonds. The lowest BCUT2D eigenvalue weighted by molar-refractivity contribution is 0.237. The lowest BCUT2D eigenvalue weighted by atomic mass is 10.1. The van der Waals surface area contributed by atoms with Crippen molar-refractivity contribution in [3.63, 3.8) is 0 Å². The van der Waals surface area contributed by atoms with Gasteiger partial charge in [-0.25, -0.2) is 17.9 Å². The van der Waals surface area contributed by atoms with Gasteiger partial charge in [-0.2, -0.15) is 0 Å². The highest BCUT2D eigenvalue weighted by molar-refractivity contribution is 7.88. The van der Waals surface area contributed by atoms with Gasteiger partial charge in [0.25, 0.3) is 0 Å². The lowest BCUT2D eigenvalue weighted by Crippen LogP contribution is -2.36. The van der Waals surface area contributed by atoms with Crippen LogP contribution in [0.15, 0.2) is 42.5 Å². The van der Waals surface area contributed by atoms with Gasteiger partial charge >= 0.3 is 6.03 Å². The van der Waals surface area contributed by atoms with Gasteiger partial charge in [-0.3, -0.25) is 0 Å². The third kappa shape index (κ3) is 6.65. The number of hydrogen-bond acceptors (Lipinski definition) is 5. The molecule has 0 aliphatic carbocycles. The normalized spacial score (nSPS) is 12.1. The highest BCUT2D eigenvalue weighted by Gasteiger charge is 2.13.